The maximum Gasteiger partial charge on any atom is 0.148 e. The van der Waals surface area contributed by atoms with Gasteiger partial charge in [0.2, 0.25) is 0 Å². The second-order valence-electron chi connectivity index (χ2n) is 5.58. The third-order valence-electron chi connectivity index (χ3n) is 3.70. The first kappa shape index (κ1) is 13.8. The third kappa shape index (κ3) is 3.48. The van der Waals surface area contributed by atoms with Gasteiger partial charge in [-0.25, -0.2) is 4.98 Å². The fraction of sp³-hybridized carbons (Fsp3) is 0.438. The Morgan fingerprint density at radius 3 is 2.57 bits per heavy atom. The topological polar surface area (TPSA) is 53.9 Å². The highest BCUT2D eigenvalue weighted by Gasteiger charge is 2.14. The molecule has 0 unspecified atom stereocenters. The number of aromatic nitrogens is 3. The van der Waals surface area contributed by atoms with Crippen molar-refractivity contribution in [2.45, 2.75) is 33.2 Å². The van der Waals surface area contributed by atoms with Gasteiger partial charge in [0.15, 0.2) is 0 Å². The summed E-state index contributed by atoms with van der Waals surface area (Å²) in [4.78, 5) is 7.02. The number of nitrogens with zero attached hydrogens (tertiary/aromatic N) is 4. The Bertz CT molecular complexity index is 603. The summed E-state index contributed by atoms with van der Waals surface area (Å²) in [6.45, 7) is 6.96. The zero-order valence-electron chi connectivity index (χ0n) is 12.6. The van der Waals surface area contributed by atoms with E-state index in [1.807, 2.05) is 19.1 Å². The molecule has 2 aromatic rings. The van der Waals surface area contributed by atoms with Gasteiger partial charge in [-0.15, -0.1) is 5.10 Å². The van der Waals surface area contributed by atoms with E-state index < -0.39 is 0 Å². The van der Waals surface area contributed by atoms with Crippen LogP contribution >= 0.6 is 0 Å². The smallest absolute Gasteiger partial charge is 0.148 e. The predicted molar refractivity (Wildman–Crippen MR) is 84.5 cm³/mol. The minimum absolute atomic E-state index is 0.738. The molecule has 0 atom stereocenters. The monoisotopic (exact) mass is 283 g/mol. The van der Waals surface area contributed by atoms with Crippen LogP contribution < -0.4 is 10.2 Å². The SMILES string of the molecule is Cc1ccc(NCc2cc(C)nc(N3CCCC3)c2)nn1. The standard InChI is InChI=1S/C16H21N5/c1-12-5-6-15(20-19-12)17-11-14-9-13(2)18-16(10-14)21-7-3-4-8-21/h5-6,9-10H,3-4,7-8,11H2,1-2H3,(H,17,20). The van der Waals surface area contributed by atoms with Crippen molar-refractivity contribution >= 4 is 11.6 Å². The van der Waals surface area contributed by atoms with Crippen LogP contribution in [0.15, 0.2) is 24.3 Å². The van der Waals surface area contributed by atoms with Gasteiger partial charge in [-0.1, -0.05) is 0 Å². The Hall–Kier alpha value is -2.17. The van der Waals surface area contributed by atoms with Crippen LogP contribution in [0, 0.1) is 13.8 Å². The van der Waals surface area contributed by atoms with Gasteiger partial charge >= 0.3 is 0 Å². The summed E-state index contributed by atoms with van der Waals surface area (Å²) in [6.07, 6.45) is 2.53. The van der Waals surface area contributed by atoms with E-state index in [-0.39, 0.29) is 0 Å². The zero-order chi connectivity index (χ0) is 14.7. The maximum atomic E-state index is 4.65. The molecule has 21 heavy (non-hydrogen) atoms. The summed E-state index contributed by atoms with van der Waals surface area (Å²) in [5, 5.41) is 11.5. The Balaban J connectivity index is 1.71. The van der Waals surface area contributed by atoms with Gasteiger partial charge in [0.1, 0.15) is 11.6 Å². The summed E-state index contributed by atoms with van der Waals surface area (Å²) in [5.74, 6) is 1.90. The van der Waals surface area contributed by atoms with Gasteiger partial charge < -0.3 is 10.2 Å². The van der Waals surface area contributed by atoms with Crippen molar-refractivity contribution < 1.29 is 0 Å². The first-order valence-corrected chi connectivity index (χ1v) is 7.47. The average Bonchev–Trinajstić information content (AvgIpc) is 3.00. The van der Waals surface area contributed by atoms with Crippen LogP contribution in [0.1, 0.15) is 29.8 Å². The Morgan fingerprint density at radius 1 is 1.05 bits per heavy atom. The Kier molecular flexibility index (Phi) is 3.99. The Labute approximate surface area is 125 Å². The number of hydrogen-bond acceptors (Lipinski definition) is 5. The lowest BCUT2D eigenvalue weighted by molar-refractivity contribution is 0.919. The second-order valence-corrected chi connectivity index (χ2v) is 5.58. The highest BCUT2D eigenvalue weighted by atomic mass is 15.2. The van der Waals surface area contributed by atoms with E-state index in [9.17, 15) is 0 Å². The van der Waals surface area contributed by atoms with E-state index in [0.717, 1.165) is 42.7 Å². The van der Waals surface area contributed by atoms with Crippen LogP contribution in [0.4, 0.5) is 11.6 Å². The van der Waals surface area contributed by atoms with Crippen LogP contribution in [-0.4, -0.2) is 28.3 Å². The highest BCUT2D eigenvalue weighted by Crippen LogP contribution is 2.20. The van der Waals surface area contributed by atoms with Crippen molar-refractivity contribution in [3.63, 3.8) is 0 Å². The fourth-order valence-corrected chi connectivity index (χ4v) is 2.62. The highest BCUT2D eigenvalue weighted by molar-refractivity contribution is 5.44. The van der Waals surface area contributed by atoms with Gasteiger partial charge in [0.25, 0.3) is 0 Å². The predicted octanol–water partition coefficient (Wildman–Crippen LogP) is 2.70. The van der Waals surface area contributed by atoms with Crippen molar-refractivity contribution in [1.82, 2.24) is 15.2 Å². The van der Waals surface area contributed by atoms with Crippen molar-refractivity contribution in [2.75, 3.05) is 23.3 Å². The summed E-state index contributed by atoms with van der Waals surface area (Å²) in [7, 11) is 0. The number of anilines is 2. The first-order chi connectivity index (χ1) is 10.2. The van der Waals surface area contributed by atoms with E-state index >= 15 is 0 Å². The molecule has 3 heterocycles. The van der Waals surface area contributed by atoms with E-state index in [1.165, 1.54) is 18.4 Å². The van der Waals surface area contributed by atoms with E-state index in [2.05, 4.69) is 44.5 Å². The van der Waals surface area contributed by atoms with Gasteiger partial charge in [-0.05, 0) is 56.5 Å². The van der Waals surface area contributed by atoms with Crippen molar-refractivity contribution in [3.05, 3.63) is 41.2 Å². The molecule has 5 heteroatoms. The van der Waals surface area contributed by atoms with Crippen molar-refractivity contribution in [1.29, 1.82) is 0 Å². The molecule has 0 spiro atoms. The lowest BCUT2D eigenvalue weighted by Crippen LogP contribution is -2.19. The van der Waals surface area contributed by atoms with Gasteiger partial charge in [-0.3, -0.25) is 0 Å². The molecule has 5 nitrogen and oxygen atoms in total. The number of aryl methyl sites for hydroxylation is 2. The lowest BCUT2D eigenvalue weighted by atomic mass is 10.2. The van der Waals surface area contributed by atoms with Crippen LogP contribution in [0.2, 0.25) is 0 Å². The van der Waals surface area contributed by atoms with Gasteiger partial charge in [0.05, 0.1) is 5.69 Å². The molecule has 0 aliphatic carbocycles. The zero-order valence-corrected chi connectivity index (χ0v) is 12.6. The molecule has 1 fully saturated rings. The Morgan fingerprint density at radius 2 is 1.86 bits per heavy atom. The number of hydrogen-bond donors (Lipinski definition) is 1. The molecule has 3 rings (SSSR count). The van der Waals surface area contributed by atoms with E-state index in [0.29, 0.717) is 0 Å². The molecule has 2 aromatic heterocycles. The molecule has 0 saturated carbocycles. The molecule has 0 amide bonds. The molecule has 0 aromatic carbocycles. The van der Waals surface area contributed by atoms with Crippen LogP contribution in [0.25, 0.3) is 0 Å². The number of rotatable bonds is 4. The summed E-state index contributed by atoms with van der Waals surface area (Å²) < 4.78 is 0. The summed E-state index contributed by atoms with van der Waals surface area (Å²) in [6, 6.07) is 8.21. The molecule has 0 radical (unpaired) electrons. The lowest BCUT2D eigenvalue weighted by Gasteiger charge is -2.18. The quantitative estimate of drug-likeness (QED) is 0.935. The van der Waals surface area contributed by atoms with Gasteiger partial charge in [0, 0.05) is 25.3 Å². The normalized spacial score (nSPS) is 14.5. The summed E-state index contributed by atoms with van der Waals surface area (Å²) in [5.41, 5.74) is 3.22. The maximum absolute atomic E-state index is 4.65. The van der Waals surface area contributed by atoms with Gasteiger partial charge in [-0.2, -0.15) is 5.10 Å². The number of nitrogens with one attached hydrogen (secondary N) is 1. The molecule has 1 N–H and O–H groups in total. The van der Waals surface area contributed by atoms with Crippen LogP contribution in [0.5, 0.6) is 0 Å². The largest absolute Gasteiger partial charge is 0.365 e. The van der Waals surface area contributed by atoms with Crippen molar-refractivity contribution in [2.24, 2.45) is 0 Å². The molecule has 0 bridgehead atoms. The summed E-state index contributed by atoms with van der Waals surface area (Å²) >= 11 is 0. The molecule has 1 aliphatic rings. The molecule has 1 aliphatic heterocycles. The van der Waals surface area contributed by atoms with E-state index in [4.69, 9.17) is 0 Å². The molecule has 110 valence electrons. The molecule has 1 saturated heterocycles. The first-order valence-electron chi connectivity index (χ1n) is 7.47. The minimum Gasteiger partial charge on any atom is -0.365 e. The van der Waals surface area contributed by atoms with Crippen LogP contribution in [-0.2, 0) is 6.54 Å². The average molecular weight is 283 g/mol. The van der Waals surface area contributed by atoms with E-state index in [1.54, 1.807) is 0 Å². The van der Waals surface area contributed by atoms with Crippen molar-refractivity contribution in [3.8, 4) is 0 Å². The fourth-order valence-electron chi connectivity index (χ4n) is 2.62. The minimum atomic E-state index is 0.738. The number of pyridine rings is 1. The molecular formula is C16H21N5. The van der Waals surface area contributed by atoms with Crippen LogP contribution in [0.3, 0.4) is 0 Å². The third-order valence-corrected chi connectivity index (χ3v) is 3.70. The second kappa shape index (κ2) is 6.08. The molecular weight excluding hydrogens is 262 g/mol.